The molecule has 0 aliphatic heterocycles. The number of aromatic amines is 1. The smallest absolute Gasteiger partial charge is 0.143 e. The highest BCUT2D eigenvalue weighted by atomic mass is 16.3. The van der Waals surface area contributed by atoms with Crippen LogP contribution in [0.1, 0.15) is 0 Å². The monoisotopic (exact) mass is 637 g/mol. The zero-order valence-corrected chi connectivity index (χ0v) is 27.2. The van der Waals surface area contributed by atoms with Gasteiger partial charge in [0.1, 0.15) is 11.2 Å². The predicted octanol–water partition coefficient (Wildman–Crippen LogP) is 13.6. The Hall–Kier alpha value is -6.64. The highest BCUT2D eigenvalue weighted by Crippen LogP contribution is 2.42. The summed E-state index contributed by atoms with van der Waals surface area (Å²) in [5.74, 6) is 0. The third kappa shape index (κ3) is 4.81. The molecule has 0 saturated carbocycles. The molecule has 0 radical (unpaired) electrons. The molecule has 234 valence electrons. The lowest BCUT2D eigenvalue weighted by molar-refractivity contribution is 0.670. The number of H-pyrrole nitrogens is 1. The van der Waals surface area contributed by atoms with Crippen LogP contribution in [0.25, 0.3) is 99.4 Å². The summed E-state index contributed by atoms with van der Waals surface area (Å²) in [4.78, 5) is 3.59. The van der Waals surface area contributed by atoms with Crippen LogP contribution in [-0.2, 0) is 0 Å². The molecular formula is C48H31NO. The number of fused-ring (bicyclic) bond motifs is 6. The van der Waals surface area contributed by atoms with Crippen molar-refractivity contribution in [2.24, 2.45) is 0 Å². The van der Waals surface area contributed by atoms with Crippen molar-refractivity contribution >= 4 is 43.7 Å². The Kier molecular flexibility index (Phi) is 6.53. The minimum Gasteiger partial charge on any atom is -0.455 e. The summed E-state index contributed by atoms with van der Waals surface area (Å²) in [5.41, 5.74) is 15.8. The summed E-state index contributed by atoms with van der Waals surface area (Å²) >= 11 is 0. The standard InChI is InChI=1S/C48H31NO/c1-3-11-31(12-4-1)33-15-9-17-35(25-33)37-22-24-47-43(27-37)44-30-39(36-18-10-16-34(26-36)32-13-5-2-6-14-32)29-41(48(44)50-47)38-21-23-46-42(28-38)40-19-7-8-20-45(40)49-46/h1-30,49H. The largest absolute Gasteiger partial charge is 0.455 e. The summed E-state index contributed by atoms with van der Waals surface area (Å²) in [6, 6.07) is 65.2. The zero-order chi connectivity index (χ0) is 33.0. The predicted molar refractivity (Wildman–Crippen MR) is 210 cm³/mol. The maximum absolute atomic E-state index is 6.78. The first-order valence-corrected chi connectivity index (χ1v) is 17.1. The van der Waals surface area contributed by atoms with Gasteiger partial charge in [-0.3, -0.25) is 0 Å². The van der Waals surface area contributed by atoms with Gasteiger partial charge in [-0.2, -0.15) is 0 Å². The molecule has 10 aromatic rings. The fourth-order valence-electron chi connectivity index (χ4n) is 7.47. The van der Waals surface area contributed by atoms with Gasteiger partial charge in [-0.15, -0.1) is 0 Å². The van der Waals surface area contributed by atoms with Gasteiger partial charge in [0, 0.05) is 38.1 Å². The first-order valence-electron chi connectivity index (χ1n) is 17.1. The van der Waals surface area contributed by atoms with Crippen molar-refractivity contribution in [3.8, 4) is 55.6 Å². The van der Waals surface area contributed by atoms with Crippen LogP contribution in [-0.4, -0.2) is 4.98 Å². The number of furan rings is 1. The zero-order valence-electron chi connectivity index (χ0n) is 27.2. The lowest BCUT2D eigenvalue weighted by Crippen LogP contribution is -1.85. The average molecular weight is 638 g/mol. The van der Waals surface area contributed by atoms with Crippen molar-refractivity contribution in [3.63, 3.8) is 0 Å². The number of nitrogens with one attached hydrogen (secondary N) is 1. The van der Waals surface area contributed by atoms with Gasteiger partial charge in [0.05, 0.1) is 0 Å². The molecule has 2 nitrogen and oxygen atoms in total. The summed E-state index contributed by atoms with van der Waals surface area (Å²) < 4.78 is 6.78. The molecule has 2 aromatic heterocycles. The molecule has 0 amide bonds. The van der Waals surface area contributed by atoms with Crippen molar-refractivity contribution in [1.82, 2.24) is 4.98 Å². The molecule has 2 heteroatoms. The van der Waals surface area contributed by atoms with E-state index in [0.29, 0.717) is 0 Å². The molecule has 1 N–H and O–H groups in total. The maximum atomic E-state index is 6.78. The summed E-state index contributed by atoms with van der Waals surface area (Å²) in [5, 5.41) is 4.65. The van der Waals surface area contributed by atoms with Gasteiger partial charge in [0.2, 0.25) is 0 Å². The van der Waals surface area contributed by atoms with E-state index in [0.717, 1.165) is 55.2 Å². The highest BCUT2D eigenvalue weighted by Gasteiger charge is 2.18. The van der Waals surface area contributed by atoms with Crippen molar-refractivity contribution in [2.75, 3.05) is 0 Å². The third-order valence-electron chi connectivity index (χ3n) is 9.99. The van der Waals surface area contributed by atoms with Crippen molar-refractivity contribution in [2.45, 2.75) is 0 Å². The topological polar surface area (TPSA) is 28.9 Å². The molecule has 0 aliphatic carbocycles. The van der Waals surface area contributed by atoms with Gasteiger partial charge in [0.25, 0.3) is 0 Å². The number of para-hydroxylation sites is 1. The summed E-state index contributed by atoms with van der Waals surface area (Å²) in [6.07, 6.45) is 0. The van der Waals surface area contributed by atoms with Crippen LogP contribution in [0, 0.1) is 0 Å². The molecule has 0 bridgehead atoms. The lowest BCUT2D eigenvalue weighted by Gasteiger charge is -2.10. The van der Waals surface area contributed by atoms with Crippen LogP contribution >= 0.6 is 0 Å². The van der Waals surface area contributed by atoms with Crippen LogP contribution in [0.3, 0.4) is 0 Å². The quantitative estimate of drug-likeness (QED) is 0.200. The van der Waals surface area contributed by atoms with Crippen LogP contribution in [0.2, 0.25) is 0 Å². The molecule has 0 spiro atoms. The van der Waals surface area contributed by atoms with E-state index in [1.807, 2.05) is 0 Å². The van der Waals surface area contributed by atoms with Crippen LogP contribution in [0.5, 0.6) is 0 Å². The molecule has 0 atom stereocenters. The Labute approximate surface area is 289 Å². The minimum absolute atomic E-state index is 0.882. The van der Waals surface area contributed by atoms with Crippen molar-refractivity contribution < 1.29 is 4.42 Å². The Morgan fingerprint density at radius 2 is 0.820 bits per heavy atom. The van der Waals surface area contributed by atoms with E-state index in [2.05, 4.69) is 187 Å². The SMILES string of the molecule is c1ccc(-c2cccc(-c3ccc4oc5c(-c6ccc7[nH]c8ccccc8c7c6)cc(-c6cccc(-c7ccccc7)c6)cc5c4c3)c2)cc1. The van der Waals surface area contributed by atoms with E-state index >= 15 is 0 Å². The first kappa shape index (κ1) is 28.4. The average Bonchev–Trinajstić information content (AvgIpc) is 3.76. The molecule has 0 fully saturated rings. The van der Waals surface area contributed by atoms with Crippen molar-refractivity contribution in [1.29, 1.82) is 0 Å². The fraction of sp³-hybridized carbons (Fsp3) is 0. The van der Waals surface area contributed by atoms with Gasteiger partial charge in [-0.05, 0) is 105 Å². The molecule has 0 unspecified atom stereocenters. The van der Waals surface area contributed by atoms with Crippen LogP contribution in [0.4, 0.5) is 0 Å². The van der Waals surface area contributed by atoms with Gasteiger partial charge in [-0.1, -0.05) is 127 Å². The Bertz CT molecular complexity index is 2860. The first-order chi connectivity index (χ1) is 24.7. The fourth-order valence-corrected chi connectivity index (χ4v) is 7.47. The Balaban J connectivity index is 1.19. The molecule has 8 aromatic carbocycles. The van der Waals surface area contributed by atoms with Crippen LogP contribution in [0.15, 0.2) is 186 Å². The maximum Gasteiger partial charge on any atom is 0.143 e. The van der Waals surface area contributed by atoms with Crippen LogP contribution < -0.4 is 0 Å². The number of hydrogen-bond donors (Lipinski definition) is 1. The molecule has 10 rings (SSSR count). The molecule has 50 heavy (non-hydrogen) atoms. The molecule has 0 saturated heterocycles. The van der Waals surface area contributed by atoms with E-state index in [1.54, 1.807) is 0 Å². The second-order valence-corrected chi connectivity index (χ2v) is 13.0. The number of aromatic nitrogens is 1. The summed E-state index contributed by atoms with van der Waals surface area (Å²) in [7, 11) is 0. The van der Waals surface area contributed by atoms with E-state index < -0.39 is 0 Å². The van der Waals surface area contributed by atoms with Crippen molar-refractivity contribution in [3.05, 3.63) is 182 Å². The van der Waals surface area contributed by atoms with E-state index in [1.165, 1.54) is 44.2 Å². The van der Waals surface area contributed by atoms with Gasteiger partial charge < -0.3 is 9.40 Å². The minimum atomic E-state index is 0.882. The Morgan fingerprint density at radius 1 is 0.300 bits per heavy atom. The number of rotatable bonds is 5. The number of benzene rings is 8. The van der Waals surface area contributed by atoms with Gasteiger partial charge >= 0.3 is 0 Å². The Morgan fingerprint density at radius 3 is 1.54 bits per heavy atom. The normalized spacial score (nSPS) is 11.6. The van der Waals surface area contributed by atoms with Gasteiger partial charge in [-0.25, -0.2) is 0 Å². The second-order valence-electron chi connectivity index (χ2n) is 13.0. The highest BCUT2D eigenvalue weighted by molar-refractivity contribution is 6.14. The lowest BCUT2D eigenvalue weighted by atomic mass is 9.93. The molecular weight excluding hydrogens is 607 g/mol. The van der Waals surface area contributed by atoms with E-state index in [4.69, 9.17) is 4.42 Å². The number of hydrogen-bond acceptors (Lipinski definition) is 1. The second kappa shape index (κ2) is 11.5. The van der Waals surface area contributed by atoms with E-state index in [-0.39, 0.29) is 0 Å². The van der Waals surface area contributed by atoms with Gasteiger partial charge in [0.15, 0.2) is 0 Å². The molecule has 0 aliphatic rings. The molecule has 2 heterocycles. The van der Waals surface area contributed by atoms with E-state index in [9.17, 15) is 0 Å². The summed E-state index contributed by atoms with van der Waals surface area (Å²) in [6.45, 7) is 0. The third-order valence-corrected chi connectivity index (χ3v) is 9.99.